The van der Waals surface area contributed by atoms with Gasteiger partial charge in [0, 0.05) is 15.9 Å². The van der Waals surface area contributed by atoms with Crippen LogP contribution in [0.2, 0.25) is 0 Å². The van der Waals surface area contributed by atoms with E-state index < -0.39 is 0 Å². The predicted octanol–water partition coefficient (Wildman–Crippen LogP) is 4.63. The fourth-order valence-corrected chi connectivity index (χ4v) is 1.88. The first-order chi connectivity index (χ1) is 8.70. The molecule has 0 saturated carbocycles. The van der Waals surface area contributed by atoms with E-state index in [-0.39, 0.29) is 11.3 Å². The van der Waals surface area contributed by atoms with Gasteiger partial charge in [-0.05, 0) is 30.0 Å². The lowest BCUT2D eigenvalue weighted by Gasteiger charge is -2.18. The molecule has 0 heterocycles. The molecule has 1 rings (SSSR count). The Hall–Kier alpha value is -0.830. The van der Waals surface area contributed by atoms with Gasteiger partial charge >= 0.3 is 0 Å². The second-order valence-corrected chi connectivity index (χ2v) is 7.54. The number of carbonyl (C=O) groups excluding carboxylic acids is 1. The molecule has 0 aromatic heterocycles. The van der Waals surface area contributed by atoms with Gasteiger partial charge in [0.1, 0.15) is 0 Å². The number of benzene rings is 1. The van der Waals surface area contributed by atoms with Crippen molar-refractivity contribution in [3.05, 3.63) is 29.8 Å². The van der Waals surface area contributed by atoms with Gasteiger partial charge in [-0.15, -0.1) is 0 Å². The molecule has 0 spiro atoms. The molecular weight excluding hydrogens is 302 g/mol. The summed E-state index contributed by atoms with van der Waals surface area (Å²) in [5.74, 6) is 0.654. The van der Waals surface area contributed by atoms with Crippen molar-refractivity contribution in [3.63, 3.8) is 0 Å². The molecule has 0 aliphatic rings. The third kappa shape index (κ3) is 5.35. The number of anilines is 1. The summed E-state index contributed by atoms with van der Waals surface area (Å²) in [5.41, 5.74) is 1.78. The first-order valence-electron chi connectivity index (χ1n) is 6.74. The molecule has 0 saturated heterocycles. The minimum absolute atomic E-state index is 0.0424. The zero-order valence-corrected chi connectivity index (χ0v) is 14.0. The summed E-state index contributed by atoms with van der Waals surface area (Å²) in [6, 6.07) is 8.10. The Balaban J connectivity index is 2.64. The van der Waals surface area contributed by atoms with E-state index >= 15 is 0 Å². The van der Waals surface area contributed by atoms with Gasteiger partial charge in [-0.25, -0.2) is 0 Å². The zero-order chi connectivity index (χ0) is 14.6. The van der Waals surface area contributed by atoms with Crippen LogP contribution in [-0.4, -0.2) is 10.7 Å². The lowest BCUT2D eigenvalue weighted by molar-refractivity contribution is -0.123. The van der Waals surface area contributed by atoms with Crippen LogP contribution in [0.25, 0.3) is 0 Å². The molecule has 0 radical (unpaired) electrons. The summed E-state index contributed by atoms with van der Waals surface area (Å²) >= 11 is 3.69. The van der Waals surface area contributed by atoms with E-state index in [1.165, 1.54) is 5.56 Å². The minimum Gasteiger partial charge on any atom is -0.326 e. The Morgan fingerprint density at radius 3 is 2.16 bits per heavy atom. The Kier molecular flexibility index (Phi) is 5.60. The van der Waals surface area contributed by atoms with E-state index in [9.17, 15) is 4.79 Å². The fraction of sp³-hybridized carbons (Fsp3) is 0.562. The summed E-state index contributed by atoms with van der Waals surface area (Å²) in [7, 11) is 0. The molecule has 1 unspecified atom stereocenters. The second kappa shape index (κ2) is 6.56. The van der Waals surface area contributed by atoms with Crippen LogP contribution in [0.15, 0.2) is 24.3 Å². The van der Waals surface area contributed by atoms with Crippen molar-refractivity contribution in [2.75, 3.05) is 5.32 Å². The van der Waals surface area contributed by atoms with E-state index in [0.29, 0.717) is 10.7 Å². The van der Waals surface area contributed by atoms with Crippen molar-refractivity contribution in [2.24, 2.45) is 11.3 Å². The van der Waals surface area contributed by atoms with E-state index in [1.54, 1.807) is 0 Å². The first-order valence-corrected chi connectivity index (χ1v) is 7.66. The number of carbonyl (C=O) groups is 1. The van der Waals surface area contributed by atoms with Gasteiger partial charge in [0.2, 0.25) is 5.91 Å². The third-order valence-corrected chi connectivity index (χ3v) is 4.43. The maximum absolute atomic E-state index is 11.9. The molecular formula is C16H24BrNO. The third-order valence-electron chi connectivity index (χ3n) is 3.05. The van der Waals surface area contributed by atoms with Crippen LogP contribution in [-0.2, 0) is 11.2 Å². The minimum atomic E-state index is -0.364. The van der Waals surface area contributed by atoms with Crippen LogP contribution in [0.3, 0.4) is 0 Å². The Labute approximate surface area is 125 Å². The summed E-state index contributed by atoms with van der Waals surface area (Å²) in [6.45, 7) is 10.1. The average Bonchev–Trinajstić information content (AvgIpc) is 2.30. The van der Waals surface area contributed by atoms with E-state index in [2.05, 4.69) is 47.2 Å². The number of nitrogens with one attached hydrogen (secondary N) is 1. The summed E-state index contributed by atoms with van der Waals surface area (Å²) in [4.78, 5) is 12.4. The van der Waals surface area contributed by atoms with Gasteiger partial charge in [0.05, 0.1) is 0 Å². The number of alkyl halides is 1. The standard InChI is InChI=1S/C16H24BrNO/c1-11(2)14(17)10-12-6-8-13(9-7-12)18-15(19)16(3,4)5/h6-9,11,14H,10H2,1-5H3,(H,18,19). The molecule has 3 heteroatoms. The normalized spacial score (nSPS) is 13.4. The highest BCUT2D eigenvalue weighted by Gasteiger charge is 2.21. The van der Waals surface area contributed by atoms with E-state index in [4.69, 9.17) is 0 Å². The molecule has 1 atom stereocenters. The molecule has 0 aliphatic carbocycles. The highest BCUT2D eigenvalue weighted by atomic mass is 79.9. The first kappa shape index (κ1) is 16.2. The zero-order valence-electron chi connectivity index (χ0n) is 12.5. The van der Waals surface area contributed by atoms with Crippen molar-refractivity contribution >= 4 is 27.5 Å². The topological polar surface area (TPSA) is 29.1 Å². The molecule has 1 N–H and O–H groups in total. The van der Waals surface area contributed by atoms with Crippen LogP contribution >= 0.6 is 15.9 Å². The van der Waals surface area contributed by atoms with Gasteiger partial charge in [-0.2, -0.15) is 0 Å². The molecule has 0 aliphatic heterocycles. The van der Waals surface area contributed by atoms with Gasteiger partial charge in [-0.3, -0.25) is 4.79 Å². The fourth-order valence-electron chi connectivity index (χ4n) is 1.50. The van der Waals surface area contributed by atoms with Gasteiger partial charge in [-0.1, -0.05) is 62.7 Å². The van der Waals surface area contributed by atoms with E-state index in [0.717, 1.165) is 12.1 Å². The summed E-state index contributed by atoms with van der Waals surface area (Å²) in [6.07, 6.45) is 1.01. The Morgan fingerprint density at radius 1 is 1.21 bits per heavy atom. The number of rotatable bonds is 4. The number of amides is 1. The molecule has 1 amide bonds. The van der Waals surface area contributed by atoms with Crippen molar-refractivity contribution in [2.45, 2.75) is 45.9 Å². The molecule has 1 aromatic carbocycles. The predicted molar refractivity (Wildman–Crippen MR) is 85.8 cm³/mol. The molecule has 0 bridgehead atoms. The number of hydrogen-bond donors (Lipinski definition) is 1. The lowest BCUT2D eigenvalue weighted by atomic mass is 9.95. The second-order valence-electron chi connectivity index (χ2n) is 6.37. The molecule has 19 heavy (non-hydrogen) atoms. The van der Waals surface area contributed by atoms with Crippen LogP contribution in [0.1, 0.15) is 40.2 Å². The maximum Gasteiger partial charge on any atom is 0.229 e. The van der Waals surface area contributed by atoms with E-state index in [1.807, 2.05) is 32.9 Å². The Bertz CT molecular complexity index is 417. The monoisotopic (exact) mass is 325 g/mol. The van der Waals surface area contributed by atoms with Crippen molar-refractivity contribution in [1.82, 2.24) is 0 Å². The Morgan fingerprint density at radius 2 is 1.74 bits per heavy atom. The molecule has 1 aromatic rings. The van der Waals surface area contributed by atoms with Crippen LogP contribution in [0.5, 0.6) is 0 Å². The maximum atomic E-state index is 11.9. The van der Waals surface area contributed by atoms with Gasteiger partial charge in [0.25, 0.3) is 0 Å². The lowest BCUT2D eigenvalue weighted by Crippen LogP contribution is -2.27. The quantitative estimate of drug-likeness (QED) is 0.803. The van der Waals surface area contributed by atoms with Crippen LogP contribution < -0.4 is 5.32 Å². The summed E-state index contributed by atoms with van der Waals surface area (Å²) < 4.78 is 0. The van der Waals surface area contributed by atoms with Crippen LogP contribution in [0.4, 0.5) is 5.69 Å². The van der Waals surface area contributed by atoms with Gasteiger partial charge < -0.3 is 5.32 Å². The van der Waals surface area contributed by atoms with Gasteiger partial charge in [0.15, 0.2) is 0 Å². The molecule has 106 valence electrons. The highest BCUT2D eigenvalue weighted by molar-refractivity contribution is 9.09. The average molecular weight is 326 g/mol. The van der Waals surface area contributed by atoms with Crippen molar-refractivity contribution < 1.29 is 4.79 Å². The van der Waals surface area contributed by atoms with Crippen LogP contribution in [0, 0.1) is 11.3 Å². The van der Waals surface area contributed by atoms with Crippen molar-refractivity contribution in [1.29, 1.82) is 0 Å². The smallest absolute Gasteiger partial charge is 0.229 e. The SMILES string of the molecule is CC(C)C(Br)Cc1ccc(NC(=O)C(C)(C)C)cc1. The number of hydrogen-bond acceptors (Lipinski definition) is 1. The summed E-state index contributed by atoms with van der Waals surface area (Å²) in [5, 5.41) is 2.93. The number of halogens is 1. The molecule has 0 fully saturated rings. The largest absolute Gasteiger partial charge is 0.326 e. The van der Waals surface area contributed by atoms with Crippen molar-refractivity contribution in [3.8, 4) is 0 Å². The highest BCUT2D eigenvalue weighted by Crippen LogP contribution is 2.21. The molecule has 2 nitrogen and oxygen atoms in total.